The van der Waals surface area contributed by atoms with E-state index in [4.69, 9.17) is 0 Å². The maximum Gasteiger partial charge on any atom is 0.254 e. The molecule has 2 rings (SSSR count). The second kappa shape index (κ2) is 5.71. The van der Waals surface area contributed by atoms with E-state index in [1.54, 1.807) is 18.3 Å². The van der Waals surface area contributed by atoms with Crippen molar-refractivity contribution in [1.29, 1.82) is 0 Å². The van der Waals surface area contributed by atoms with Gasteiger partial charge in [-0.05, 0) is 31.2 Å². The average molecular weight is 266 g/mol. The van der Waals surface area contributed by atoms with Gasteiger partial charge in [-0.3, -0.25) is 4.79 Å². The highest BCUT2D eigenvalue weighted by Gasteiger charge is 2.35. The van der Waals surface area contributed by atoms with Gasteiger partial charge in [0.25, 0.3) is 5.91 Å². The molecular formula is C13H18N2O2S. The number of nitrogens with one attached hydrogen (secondary N) is 1. The molecule has 1 amide bonds. The Morgan fingerprint density at radius 2 is 2.28 bits per heavy atom. The molecule has 1 aromatic heterocycles. The molecule has 0 aliphatic heterocycles. The fraction of sp³-hybridized carbons (Fsp3) is 0.538. The van der Waals surface area contributed by atoms with Crippen molar-refractivity contribution in [2.45, 2.75) is 36.2 Å². The van der Waals surface area contributed by atoms with Gasteiger partial charge < -0.3 is 10.4 Å². The Hall–Kier alpha value is -1.07. The molecule has 5 heteroatoms. The lowest BCUT2D eigenvalue weighted by atomic mass is 9.98. The number of aliphatic hydroxyl groups is 1. The zero-order valence-electron chi connectivity index (χ0n) is 10.5. The Kier molecular flexibility index (Phi) is 4.24. The molecule has 1 aliphatic rings. The number of pyridine rings is 1. The predicted molar refractivity (Wildman–Crippen MR) is 71.8 cm³/mol. The normalized spacial score (nSPS) is 17.7. The molecule has 4 nitrogen and oxygen atoms in total. The van der Waals surface area contributed by atoms with Crippen LogP contribution in [-0.2, 0) is 0 Å². The zero-order chi connectivity index (χ0) is 13.0. The highest BCUT2D eigenvalue weighted by Crippen LogP contribution is 2.30. The summed E-state index contributed by atoms with van der Waals surface area (Å²) in [4.78, 5) is 16.4. The van der Waals surface area contributed by atoms with Crippen LogP contribution < -0.4 is 5.32 Å². The molecule has 0 atom stereocenters. The first-order valence-corrected chi connectivity index (χ1v) is 7.36. The maximum atomic E-state index is 12.3. The van der Waals surface area contributed by atoms with Crippen molar-refractivity contribution in [2.24, 2.45) is 0 Å². The van der Waals surface area contributed by atoms with Crippen LogP contribution in [0.5, 0.6) is 0 Å². The van der Waals surface area contributed by atoms with Crippen molar-refractivity contribution in [3.8, 4) is 0 Å². The van der Waals surface area contributed by atoms with Crippen LogP contribution in [0.15, 0.2) is 23.4 Å². The summed E-state index contributed by atoms with van der Waals surface area (Å²) in [5.41, 5.74) is 0.160. The number of aromatic nitrogens is 1. The second-order valence-corrected chi connectivity index (χ2v) is 5.45. The smallest absolute Gasteiger partial charge is 0.254 e. The minimum absolute atomic E-state index is 0.00754. The van der Waals surface area contributed by atoms with Gasteiger partial charge in [-0.2, -0.15) is 0 Å². The summed E-state index contributed by atoms with van der Waals surface area (Å²) in [6, 6.07) is 3.53. The van der Waals surface area contributed by atoms with E-state index in [1.165, 1.54) is 11.8 Å². The Bertz CT molecular complexity index is 431. The molecule has 18 heavy (non-hydrogen) atoms. The minimum Gasteiger partial charge on any atom is -0.394 e. The summed E-state index contributed by atoms with van der Waals surface area (Å²) < 4.78 is 0. The number of hydrogen-bond acceptors (Lipinski definition) is 4. The number of aliphatic hydroxyl groups excluding tert-OH is 1. The molecule has 0 unspecified atom stereocenters. The Morgan fingerprint density at radius 1 is 1.56 bits per heavy atom. The van der Waals surface area contributed by atoms with Crippen molar-refractivity contribution in [2.75, 3.05) is 12.9 Å². The molecular weight excluding hydrogens is 248 g/mol. The first-order valence-electron chi connectivity index (χ1n) is 6.13. The highest BCUT2D eigenvalue weighted by molar-refractivity contribution is 7.98. The van der Waals surface area contributed by atoms with Gasteiger partial charge in [-0.25, -0.2) is 4.98 Å². The Balaban J connectivity index is 2.16. The van der Waals surface area contributed by atoms with Crippen molar-refractivity contribution in [3.63, 3.8) is 0 Å². The zero-order valence-corrected chi connectivity index (χ0v) is 11.3. The van der Waals surface area contributed by atoms with Crippen LogP contribution in [0.4, 0.5) is 0 Å². The van der Waals surface area contributed by atoms with Gasteiger partial charge in [0.05, 0.1) is 17.7 Å². The molecule has 1 fully saturated rings. The molecule has 0 spiro atoms. The standard InChI is InChI=1S/C13H18N2O2S/c1-18-12-10(5-4-8-14-12)11(17)15-13(9-16)6-2-3-7-13/h4-5,8,16H,2-3,6-7,9H2,1H3,(H,15,17). The van der Waals surface area contributed by atoms with E-state index in [1.807, 2.05) is 6.26 Å². The lowest BCUT2D eigenvalue weighted by molar-refractivity contribution is 0.0835. The van der Waals surface area contributed by atoms with Crippen LogP contribution in [0.3, 0.4) is 0 Å². The lowest BCUT2D eigenvalue weighted by Crippen LogP contribution is -2.49. The van der Waals surface area contributed by atoms with Crippen LogP contribution >= 0.6 is 11.8 Å². The number of rotatable bonds is 4. The molecule has 1 aliphatic carbocycles. The van der Waals surface area contributed by atoms with Crippen LogP contribution in [0.25, 0.3) is 0 Å². The van der Waals surface area contributed by atoms with Crippen LogP contribution in [0, 0.1) is 0 Å². The molecule has 1 aromatic rings. The van der Waals surface area contributed by atoms with Crippen molar-refractivity contribution in [3.05, 3.63) is 23.9 Å². The number of carbonyl (C=O) groups excluding carboxylic acids is 1. The van der Waals surface area contributed by atoms with E-state index in [9.17, 15) is 9.90 Å². The van der Waals surface area contributed by atoms with Crippen LogP contribution in [0.2, 0.25) is 0 Å². The third-order valence-corrected chi connectivity index (χ3v) is 4.16. The van der Waals surface area contributed by atoms with Crippen molar-refractivity contribution < 1.29 is 9.90 Å². The molecule has 98 valence electrons. The monoisotopic (exact) mass is 266 g/mol. The van der Waals surface area contributed by atoms with Gasteiger partial charge in [-0.15, -0.1) is 11.8 Å². The van der Waals surface area contributed by atoms with Gasteiger partial charge in [0.2, 0.25) is 0 Å². The summed E-state index contributed by atoms with van der Waals surface area (Å²) in [5, 5.41) is 13.2. The highest BCUT2D eigenvalue weighted by atomic mass is 32.2. The van der Waals surface area contributed by atoms with Gasteiger partial charge in [-0.1, -0.05) is 12.8 Å². The third-order valence-electron chi connectivity index (χ3n) is 3.45. The van der Waals surface area contributed by atoms with E-state index in [0.29, 0.717) is 5.56 Å². The fourth-order valence-electron chi connectivity index (χ4n) is 2.41. The number of hydrogen-bond donors (Lipinski definition) is 2. The van der Waals surface area contributed by atoms with Gasteiger partial charge in [0.1, 0.15) is 5.03 Å². The van der Waals surface area contributed by atoms with Gasteiger partial charge >= 0.3 is 0 Å². The number of amides is 1. The molecule has 0 aromatic carbocycles. The molecule has 0 radical (unpaired) electrons. The van der Waals surface area contributed by atoms with E-state index in [2.05, 4.69) is 10.3 Å². The summed E-state index contributed by atoms with van der Waals surface area (Å²) in [7, 11) is 0. The molecule has 0 bridgehead atoms. The first kappa shape index (κ1) is 13.4. The van der Waals surface area contributed by atoms with Crippen LogP contribution in [0.1, 0.15) is 36.0 Å². The molecule has 0 saturated heterocycles. The molecule has 2 N–H and O–H groups in total. The van der Waals surface area contributed by atoms with Gasteiger partial charge in [0.15, 0.2) is 0 Å². The van der Waals surface area contributed by atoms with E-state index in [-0.39, 0.29) is 12.5 Å². The third kappa shape index (κ3) is 2.67. The number of thioether (sulfide) groups is 1. The second-order valence-electron chi connectivity index (χ2n) is 4.66. The minimum atomic E-state index is -0.428. The summed E-state index contributed by atoms with van der Waals surface area (Å²) in [5.74, 6) is -0.136. The molecule has 1 saturated carbocycles. The summed E-state index contributed by atoms with van der Waals surface area (Å²) in [6.45, 7) is 0.00754. The first-order chi connectivity index (χ1) is 8.71. The number of carbonyl (C=O) groups is 1. The van der Waals surface area contributed by atoms with E-state index in [0.717, 1.165) is 30.7 Å². The fourth-order valence-corrected chi connectivity index (χ4v) is 2.96. The van der Waals surface area contributed by atoms with Crippen LogP contribution in [-0.4, -0.2) is 34.4 Å². The SMILES string of the molecule is CSc1ncccc1C(=O)NC1(CO)CCCC1. The Morgan fingerprint density at radius 3 is 2.89 bits per heavy atom. The quantitative estimate of drug-likeness (QED) is 0.816. The van der Waals surface area contributed by atoms with E-state index >= 15 is 0 Å². The largest absolute Gasteiger partial charge is 0.394 e. The molecule has 1 heterocycles. The number of nitrogens with zero attached hydrogens (tertiary/aromatic N) is 1. The topological polar surface area (TPSA) is 62.2 Å². The summed E-state index contributed by atoms with van der Waals surface area (Å²) in [6.07, 6.45) is 7.40. The Labute approximate surface area is 111 Å². The lowest BCUT2D eigenvalue weighted by Gasteiger charge is -2.28. The van der Waals surface area contributed by atoms with Crippen molar-refractivity contribution >= 4 is 17.7 Å². The summed E-state index contributed by atoms with van der Waals surface area (Å²) >= 11 is 1.45. The van der Waals surface area contributed by atoms with Gasteiger partial charge in [0, 0.05) is 6.20 Å². The average Bonchev–Trinajstić information content (AvgIpc) is 2.87. The van der Waals surface area contributed by atoms with Crippen molar-refractivity contribution in [1.82, 2.24) is 10.3 Å². The van der Waals surface area contributed by atoms with E-state index < -0.39 is 5.54 Å². The predicted octanol–water partition coefficient (Wildman–Crippen LogP) is 1.84. The maximum absolute atomic E-state index is 12.3.